The van der Waals surface area contributed by atoms with Gasteiger partial charge in [-0.05, 0) is 76.3 Å². The molecular formula is C26H19ClF2O4S. The predicted octanol–water partition coefficient (Wildman–Crippen LogP) is 6.30. The van der Waals surface area contributed by atoms with Gasteiger partial charge in [-0.15, -0.1) is 0 Å². The molecule has 174 valence electrons. The smallest absolute Gasteiger partial charge is 0.309 e. The number of halogens is 3. The number of fused-ring (bicyclic) bond motifs is 1. The summed E-state index contributed by atoms with van der Waals surface area (Å²) in [6.07, 6.45) is 0.0736. The quantitative estimate of drug-likeness (QED) is 0.238. The standard InChI is InChI=1S/C26H19ClF2O4S/c1-15-18(12-25(30)33-2)11-17-3-6-19(27)13-22(17)26(15)16-4-8-21(9-5-16)34(31,32)24-10-7-20(28)14-23(24)29/h3-11,13-14H,12H2,1-2H3. The lowest BCUT2D eigenvalue weighted by atomic mass is 9.89. The SMILES string of the molecule is COC(=O)Cc1cc2ccc(Cl)cc2c(-c2ccc(S(=O)(=O)c3ccc(F)cc3F)cc2)c1C. The lowest BCUT2D eigenvalue weighted by molar-refractivity contribution is -0.139. The van der Waals surface area contributed by atoms with E-state index in [9.17, 15) is 22.0 Å². The summed E-state index contributed by atoms with van der Waals surface area (Å²) in [6.45, 7) is 1.87. The molecule has 0 amide bonds. The van der Waals surface area contributed by atoms with Crippen LogP contribution in [0.25, 0.3) is 21.9 Å². The lowest BCUT2D eigenvalue weighted by Crippen LogP contribution is -2.07. The minimum atomic E-state index is -4.20. The largest absolute Gasteiger partial charge is 0.469 e. The summed E-state index contributed by atoms with van der Waals surface area (Å²) in [6, 6.07) is 15.6. The van der Waals surface area contributed by atoms with E-state index in [2.05, 4.69) is 0 Å². The minimum absolute atomic E-state index is 0.0736. The zero-order valence-corrected chi connectivity index (χ0v) is 19.8. The Kier molecular flexibility index (Phi) is 6.43. The van der Waals surface area contributed by atoms with Crippen LogP contribution >= 0.6 is 11.6 Å². The monoisotopic (exact) mass is 500 g/mol. The van der Waals surface area contributed by atoms with E-state index in [-0.39, 0.29) is 17.3 Å². The van der Waals surface area contributed by atoms with Crippen LogP contribution in [0, 0.1) is 18.6 Å². The molecule has 0 saturated carbocycles. The summed E-state index contributed by atoms with van der Waals surface area (Å²) in [4.78, 5) is 11.2. The number of carbonyl (C=O) groups is 1. The second kappa shape index (κ2) is 9.16. The molecule has 0 unspecified atom stereocenters. The summed E-state index contributed by atoms with van der Waals surface area (Å²) >= 11 is 6.24. The van der Waals surface area contributed by atoms with Crippen molar-refractivity contribution in [3.63, 3.8) is 0 Å². The fraction of sp³-hybridized carbons (Fsp3) is 0.115. The molecule has 0 aromatic heterocycles. The van der Waals surface area contributed by atoms with E-state index in [1.165, 1.54) is 19.2 Å². The van der Waals surface area contributed by atoms with Crippen LogP contribution in [0.5, 0.6) is 0 Å². The van der Waals surface area contributed by atoms with Gasteiger partial charge in [0.25, 0.3) is 0 Å². The molecule has 0 fully saturated rings. The molecule has 0 saturated heterocycles. The summed E-state index contributed by atoms with van der Waals surface area (Å²) in [5.74, 6) is -2.40. The van der Waals surface area contributed by atoms with Crippen LogP contribution in [0.3, 0.4) is 0 Å². The van der Waals surface area contributed by atoms with Crippen molar-refractivity contribution in [2.24, 2.45) is 0 Å². The van der Waals surface area contributed by atoms with Crippen LogP contribution in [-0.4, -0.2) is 21.5 Å². The van der Waals surface area contributed by atoms with Crippen molar-refractivity contribution in [1.29, 1.82) is 0 Å². The Bertz CT molecular complexity index is 1530. The number of carbonyl (C=O) groups excluding carboxylic acids is 1. The van der Waals surface area contributed by atoms with Crippen LogP contribution in [0.1, 0.15) is 11.1 Å². The molecule has 8 heteroatoms. The normalized spacial score (nSPS) is 11.6. The summed E-state index contributed by atoms with van der Waals surface area (Å²) < 4.78 is 58.0. The van der Waals surface area contributed by atoms with Crippen molar-refractivity contribution < 1.29 is 26.7 Å². The number of esters is 1. The third-order valence-corrected chi connectivity index (χ3v) is 7.71. The maximum absolute atomic E-state index is 14.1. The molecule has 0 aliphatic heterocycles. The van der Waals surface area contributed by atoms with Crippen LogP contribution in [0.4, 0.5) is 8.78 Å². The maximum Gasteiger partial charge on any atom is 0.309 e. The highest BCUT2D eigenvalue weighted by Crippen LogP contribution is 2.37. The van der Waals surface area contributed by atoms with Crippen molar-refractivity contribution in [3.05, 3.63) is 94.5 Å². The average Bonchev–Trinajstić information content (AvgIpc) is 2.79. The molecule has 4 aromatic rings. The summed E-state index contributed by atoms with van der Waals surface area (Å²) in [5, 5.41) is 2.22. The molecule has 0 aliphatic carbocycles. The van der Waals surface area contributed by atoms with Crippen LogP contribution in [0.2, 0.25) is 5.02 Å². The fourth-order valence-electron chi connectivity index (χ4n) is 3.93. The molecule has 4 nitrogen and oxygen atoms in total. The Labute approximate surface area is 200 Å². The highest BCUT2D eigenvalue weighted by Gasteiger charge is 2.23. The first-order valence-corrected chi connectivity index (χ1v) is 12.1. The van der Waals surface area contributed by atoms with E-state index in [1.807, 2.05) is 19.1 Å². The van der Waals surface area contributed by atoms with Crippen LogP contribution in [-0.2, 0) is 25.8 Å². The van der Waals surface area contributed by atoms with Crippen molar-refractivity contribution in [2.45, 2.75) is 23.1 Å². The topological polar surface area (TPSA) is 60.4 Å². The predicted molar refractivity (Wildman–Crippen MR) is 127 cm³/mol. The number of sulfone groups is 1. The Morgan fingerprint density at radius 2 is 1.68 bits per heavy atom. The van der Waals surface area contributed by atoms with E-state index in [1.54, 1.807) is 24.3 Å². The van der Waals surface area contributed by atoms with Gasteiger partial charge in [-0.25, -0.2) is 17.2 Å². The van der Waals surface area contributed by atoms with Gasteiger partial charge in [0, 0.05) is 11.1 Å². The molecule has 0 atom stereocenters. The molecule has 34 heavy (non-hydrogen) atoms. The third kappa shape index (κ3) is 4.41. The average molecular weight is 501 g/mol. The number of ether oxygens (including phenoxy) is 1. The van der Waals surface area contributed by atoms with Gasteiger partial charge in [0.1, 0.15) is 16.5 Å². The highest BCUT2D eigenvalue weighted by atomic mass is 35.5. The van der Waals surface area contributed by atoms with Gasteiger partial charge in [-0.1, -0.05) is 35.9 Å². The van der Waals surface area contributed by atoms with Gasteiger partial charge in [0.15, 0.2) is 0 Å². The Morgan fingerprint density at radius 1 is 0.971 bits per heavy atom. The van der Waals surface area contributed by atoms with Crippen molar-refractivity contribution in [1.82, 2.24) is 0 Å². The fourth-order valence-corrected chi connectivity index (χ4v) is 5.42. The summed E-state index contributed by atoms with van der Waals surface area (Å²) in [7, 11) is -2.87. The Morgan fingerprint density at radius 3 is 2.32 bits per heavy atom. The molecular weight excluding hydrogens is 482 g/mol. The van der Waals surface area contributed by atoms with Gasteiger partial charge in [0.05, 0.1) is 18.4 Å². The number of benzene rings is 4. The van der Waals surface area contributed by atoms with Gasteiger partial charge < -0.3 is 4.74 Å². The van der Waals surface area contributed by atoms with E-state index >= 15 is 0 Å². The zero-order chi connectivity index (χ0) is 24.6. The minimum Gasteiger partial charge on any atom is -0.469 e. The first-order valence-electron chi connectivity index (χ1n) is 10.2. The highest BCUT2D eigenvalue weighted by molar-refractivity contribution is 7.91. The third-order valence-electron chi connectivity index (χ3n) is 5.67. The molecule has 0 spiro atoms. The number of hydrogen-bond donors (Lipinski definition) is 0. The zero-order valence-electron chi connectivity index (χ0n) is 18.2. The number of hydrogen-bond acceptors (Lipinski definition) is 4. The number of rotatable bonds is 5. The Hall–Kier alpha value is -3.29. The molecule has 4 aromatic carbocycles. The Balaban J connectivity index is 1.86. The molecule has 0 N–H and O–H groups in total. The molecule has 0 aliphatic rings. The molecule has 0 bridgehead atoms. The van der Waals surface area contributed by atoms with Gasteiger partial charge in [0.2, 0.25) is 9.84 Å². The second-order valence-electron chi connectivity index (χ2n) is 7.76. The van der Waals surface area contributed by atoms with Crippen molar-refractivity contribution in [3.8, 4) is 11.1 Å². The lowest BCUT2D eigenvalue weighted by Gasteiger charge is -2.16. The van der Waals surface area contributed by atoms with E-state index < -0.39 is 26.4 Å². The van der Waals surface area contributed by atoms with Gasteiger partial charge >= 0.3 is 5.97 Å². The van der Waals surface area contributed by atoms with Gasteiger partial charge in [-0.2, -0.15) is 0 Å². The first-order chi connectivity index (χ1) is 16.1. The van der Waals surface area contributed by atoms with Crippen molar-refractivity contribution in [2.75, 3.05) is 7.11 Å². The molecule has 4 rings (SSSR count). The molecule has 0 radical (unpaired) electrons. The van der Waals surface area contributed by atoms with Crippen LogP contribution < -0.4 is 0 Å². The first kappa shape index (κ1) is 23.9. The van der Waals surface area contributed by atoms with E-state index in [0.717, 1.165) is 39.6 Å². The summed E-state index contributed by atoms with van der Waals surface area (Å²) in [5.41, 5.74) is 3.06. The maximum atomic E-state index is 14.1. The second-order valence-corrected chi connectivity index (χ2v) is 10.1. The van der Waals surface area contributed by atoms with Crippen molar-refractivity contribution >= 4 is 38.2 Å². The van der Waals surface area contributed by atoms with Gasteiger partial charge in [-0.3, -0.25) is 4.79 Å². The van der Waals surface area contributed by atoms with E-state index in [4.69, 9.17) is 16.3 Å². The molecule has 0 heterocycles. The number of methoxy groups -OCH3 is 1. The van der Waals surface area contributed by atoms with E-state index in [0.29, 0.717) is 16.7 Å². The van der Waals surface area contributed by atoms with Crippen LogP contribution in [0.15, 0.2) is 76.5 Å².